The molecule has 1 heterocycles. The summed E-state index contributed by atoms with van der Waals surface area (Å²) in [7, 11) is 2.11. The molecule has 0 radical (unpaired) electrons. The smallest absolute Gasteiger partial charge is 0.253 e. The summed E-state index contributed by atoms with van der Waals surface area (Å²) in [4.78, 5) is 26.9. The lowest BCUT2D eigenvalue weighted by atomic mass is 9.93. The first-order valence-corrected chi connectivity index (χ1v) is 8.95. The van der Waals surface area contributed by atoms with Crippen molar-refractivity contribution >= 4 is 17.5 Å². The minimum atomic E-state index is -0.126. The first-order chi connectivity index (χ1) is 11.6. The van der Waals surface area contributed by atoms with Crippen molar-refractivity contribution in [3.8, 4) is 0 Å². The summed E-state index contributed by atoms with van der Waals surface area (Å²) in [6.07, 6.45) is 4.64. The molecule has 1 aromatic carbocycles. The highest BCUT2D eigenvalue weighted by molar-refractivity contribution is 6.03. The molecule has 0 unspecified atom stereocenters. The molecule has 2 rings (SSSR count). The molecule has 2 N–H and O–H groups in total. The Labute approximate surface area is 144 Å². The van der Waals surface area contributed by atoms with Crippen molar-refractivity contribution in [3.05, 3.63) is 29.8 Å². The van der Waals surface area contributed by atoms with E-state index in [1.54, 1.807) is 12.1 Å². The van der Waals surface area contributed by atoms with Gasteiger partial charge in [-0.15, -0.1) is 0 Å². The minimum absolute atomic E-state index is 0.00152. The van der Waals surface area contributed by atoms with Gasteiger partial charge >= 0.3 is 0 Å². The maximum absolute atomic E-state index is 12.3. The number of benzene rings is 1. The quantitative estimate of drug-likeness (QED) is 0.755. The molecular weight excluding hydrogens is 302 g/mol. The number of carbonyl (C=O) groups is 2. The Kier molecular flexibility index (Phi) is 7.25. The Morgan fingerprint density at radius 1 is 1.21 bits per heavy atom. The van der Waals surface area contributed by atoms with Crippen molar-refractivity contribution in [2.24, 2.45) is 5.92 Å². The van der Waals surface area contributed by atoms with Gasteiger partial charge in [0.15, 0.2) is 0 Å². The fourth-order valence-corrected chi connectivity index (χ4v) is 2.99. The van der Waals surface area contributed by atoms with Crippen LogP contribution in [-0.2, 0) is 4.79 Å². The molecule has 1 aliphatic heterocycles. The summed E-state index contributed by atoms with van der Waals surface area (Å²) in [6, 6.07) is 7.21. The molecule has 0 atom stereocenters. The topological polar surface area (TPSA) is 61.4 Å². The summed E-state index contributed by atoms with van der Waals surface area (Å²) in [5.74, 6) is 0.309. The van der Waals surface area contributed by atoms with Crippen molar-refractivity contribution in [2.45, 2.75) is 39.0 Å². The van der Waals surface area contributed by atoms with E-state index in [0.29, 0.717) is 30.1 Å². The Morgan fingerprint density at radius 2 is 1.92 bits per heavy atom. The van der Waals surface area contributed by atoms with Gasteiger partial charge in [-0.1, -0.05) is 25.5 Å². The molecule has 5 nitrogen and oxygen atoms in total. The van der Waals surface area contributed by atoms with Gasteiger partial charge in [-0.05, 0) is 57.5 Å². The average molecular weight is 331 g/mol. The second kappa shape index (κ2) is 9.42. The van der Waals surface area contributed by atoms with E-state index in [1.807, 2.05) is 12.1 Å². The number of amides is 2. The highest BCUT2D eigenvalue weighted by Crippen LogP contribution is 2.21. The number of nitrogens with zero attached hydrogens (tertiary/aromatic N) is 1. The van der Waals surface area contributed by atoms with Gasteiger partial charge in [0.1, 0.15) is 0 Å². The Hall–Kier alpha value is -1.88. The third kappa shape index (κ3) is 5.64. The van der Waals surface area contributed by atoms with Gasteiger partial charge in [0.2, 0.25) is 5.91 Å². The lowest BCUT2D eigenvalue weighted by Crippen LogP contribution is -2.32. The molecule has 0 aromatic heterocycles. The van der Waals surface area contributed by atoms with Crippen LogP contribution < -0.4 is 10.6 Å². The van der Waals surface area contributed by atoms with Gasteiger partial charge in [-0.25, -0.2) is 0 Å². The van der Waals surface area contributed by atoms with Gasteiger partial charge in [0.25, 0.3) is 5.91 Å². The molecule has 132 valence electrons. The van der Waals surface area contributed by atoms with Gasteiger partial charge in [0.05, 0.1) is 11.3 Å². The Bertz CT molecular complexity index is 551. The second-order valence-corrected chi connectivity index (χ2v) is 6.65. The van der Waals surface area contributed by atoms with Gasteiger partial charge < -0.3 is 15.5 Å². The monoisotopic (exact) mass is 331 g/mol. The van der Waals surface area contributed by atoms with E-state index in [0.717, 1.165) is 38.8 Å². The van der Waals surface area contributed by atoms with Crippen LogP contribution in [-0.4, -0.2) is 43.4 Å². The van der Waals surface area contributed by atoms with E-state index in [4.69, 9.17) is 0 Å². The highest BCUT2D eigenvalue weighted by Gasteiger charge is 2.20. The lowest BCUT2D eigenvalue weighted by molar-refractivity contribution is -0.117. The molecule has 0 aliphatic carbocycles. The van der Waals surface area contributed by atoms with Crippen molar-refractivity contribution in [3.63, 3.8) is 0 Å². The number of likely N-dealkylation sites (tertiary alicyclic amines) is 1. The van der Waals surface area contributed by atoms with Crippen LogP contribution in [0.25, 0.3) is 0 Å². The van der Waals surface area contributed by atoms with Crippen LogP contribution in [0.15, 0.2) is 24.3 Å². The van der Waals surface area contributed by atoms with E-state index >= 15 is 0 Å². The highest BCUT2D eigenvalue weighted by atomic mass is 16.2. The van der Waals surface area contributed by atoms with Crippen LogP contribution in [0.3, 0.4) is 0 Å². The molecule has 0 spiro atoms. The van der Waals surface area contributed by atoms with Crippen LogP contribution in [0.1, 0.15) is 49.4 Å². The van der Waals surface area contributed by atoms with Crippen molar-refractivity contribution in [2.75, 3.05) is 32.0 Å². The molecule has 5 heteroatoms. The van der Waals surface area contributed by atoms with E-state index in [9.17, 15) is 9.59 Å². The number of piperidine rings is 1. The van der Waals surface area contributed by atoms with E-state index in [-0.39, 0.29) is 11.8 Å². The normalized spacial score (nSPS) is 15.9. The predicted molar refractivity (Wildman–Crippen MR) is 97.2 cm³/mol. The third-order valence-corrected chi connectivity index (χ3v) is 4.57. The standard InChI is InChI=1S/C19H29N3O2/c1-3-4-11-20-19(24)16-7-5-6-8-17(16)21-18(23)14-15-9-12-22(2)13-10-15/h5-8,15H,3-4,9-14H2,1-2H3,(H,20,24)(H,21,23). The second-order valence-electron chi connectivity index (χ2n) is 6.65. The van der Waals surface area contributed by atoms with E-state index in [2.05, 4.69) is 29.5 Å². The SMILES string of the molecule is CCCCNC(=O)c1ccccc1NC(=O)CC1CCN(C)CC1. The van der Waals surface area contributed by atoms with Crippen LogP contribution in [0.4, 0.5) is 5.69 Å². The summed E-state index contributed by atoms with van der Waals surface area (Å²) < 4.78 is 0. The summed E-state index contributed by atoms with van der Waals surface area (Å²) in [5.41, 5.74) is 1.13. The first kappa shape index (κ1) is 18.5. The zero-order valence-corrected chi connectivity index (χ0v) is 14.8. The molecule has 1 aromatic rings. The molecule has 0 saturated carbocycles. The summed E-state index contributed by atoms with van der Waals surface area (Å²) >= 11 is 0. The van der Waals surface area contributed by atoms with Crippen molar-refractivity contribution in [1.82, 2.24) is 10.2 Å². The van der Waals surface area contributed by atoms with Crippen LogP contribution in [0.2, 0.25) is 0 Å². The van der Waals surface area contributed by atoms with Gasteiger partial charge in [-0.3, -0.25) is 9.59 Å². The number of unbranched alkanes of at least 4 members (excludes halogenated alkanes) is 1. The zero-order chi connectivity index (χ0) is 17.4. The van der Waals surface area contributed by atoms with Crippen molar-refractivity contribution < 1.29 is 9.59 Å². The number of carbonyl (C=O) groups excluding carboxylic acids is 2. The fraction of sp³-hybridized carbons (Fsp3) is 0.579. The molecule has 2 amide bonds. The average Bonchev–Trinajstić information content (AvgIpc) is 2.57. The fourth-order valence-electron chi connectivity index (χ4n) is 2.99. The van der Waals surface area contributed by atoms with E-state index in [1.165, 1.54) is 0 Å². The molecule has 1 saturated heterocycles. The third-order valence-electron chi connectivity index (χ3n) is 4.57. The number of rotatable bonds is 7. The molecule has 0 bridgehead atoms. The largest absolute Gasteiger partial charge is 0.352 e. The number of para-hydroxylation sites is 1. The molecule has 1 fully saturated rings. The van der Waals surface area contributed by atoms with Gasteiger partial charge in [-0.2, -0.15) is 0 Å². The van der Waals surface area contributed by atoms with Crippen LogP contribution in [0.5, 0.6) is 0 Å². The van der Waals surface area contributed by atoms with Crippen LogP contribution >= 0.6 is 0 Å². The minimum Gasteiger partial charge on any atom is -0.352 e. The molecule has 1 aliphatic rings. The predicted octanol–water partition coefficient (Wildman–Crippen LogP) is 2.89. The van der Waals surface area contributed by atoms with E-state index < -0.39 is 0 Å². The Morgan fingerprint density at radius 3 is 2.62 bits per heavy atom. The molecular formula is C19H29N3O2. The van der Waals surface area contributed by atoms with Gasteiger partial charge in [0, 0.05) is 13.0 Å². The van der Waals surface area contributed by atoms with Crippen molar-refractivity contribution in [1.29, 1.82) is 0 Å². The lowest BCUT2D eigenvalue weighted by Gasteiger charge is -2.28. The number of anilines is 1. The van der Waals surface area contributed by atoms with Crippen LogP contribution in [0, 0.1) is 5.92 Å². The Balaban J connectivity index is 1.91. The first-order valence-electron chi connectivity index (χ1n) is 8.95. The maximum Gasteiger partial charge on any atom is 0.253 e. The summed E-state index contributed by atoms with van der Waals surface area (Å²) in [5, 5.41) is 5.83. The number of nitrogens with one attached hydrogen (secondary N) is 2. The molecule has 24 heavy (non-hydrogen) atoms. The zero-order valence-electron chi connectivity index (χ0n) is 14.8. The summed E-state index contributed by atoms with van der Waals surface area (Å²) in [6.45, 7) is 4.85. The number of hydrogen-bond acceptors (Lipinski definition) is 3. The number of hydrogen-bond donors (Lipinski definition) is 2. The maximum atomic E-state index is 12.3.